The molecule has 0 spiro atoms. The molecule has 2 aromatic heterocycles. The van der Waals surface area contributed by atoms with Crippen molar-refractivity contribution >= 4 is 11.6 Å². The number of tetrazole rings is 1. The van der Waals surface area contributed by atoms with Gasteiger partial charge in [0.1, 0.15) is 23.7 Å². The lowest BCUT2D eigenvalue weighted by Gasteiger charge is -2.35. The molecular weight excluding hydrogens is 450 g/mol. The van der Waals surface area contributed by atoms with Gasteiger partial charge in [0.25, 0.3) is 0 Å². The molecule has 0 saturated heterocycles. The minimum atomic E-state index is -4.12. The predicted octanol–water partition coefficient (Wildman–Crippen LogP) is 4.35. The number of aliphatic hydroxyl groups is 1. The number of nitrogens with zero attached hydrogens (tertiary/aromatic N) is 5. The number of alkyl halides is 2. The maximum atomic E-state index is 15.7. The Labute approximate surface area is 184 Å². The zero-order chi connectivity index (χ0) is 22.9. The van der Waals surface area contributed by atoms with Gasteiger partial charge in [0, 0.05) is 28.4 Å². The lowest BCUT2D eigenvalue weighted by Crippen LogP contribution is -2.48. The lowest BCUT2D eigenvalue weighted by atomic mass is 9.84. The maximum Gasteiger partial charge on any atom is 0.323 e. The monoisotopic (exact) mass is 463 g/mol. The van der Waals surface area contributed by atoms with Gasteiger partial charge in [-0.2, -0.15) is 8.78 Å². The number of aromatic nitrogens is 5. The summed E-state index contributed by atoms with van der Waals surface area (Å²) in [6.45, 7) is -0.923. The summed E-state index contributed by atoms with van der Waals surface area (Å²) in [5.41, 5.74) is -3.70. The summed E-state index contributed by atoms with van der Waals surface area (Å²) in [6, 6.07) is 11.0. The molecule has 0 aliphatic carbocycles. The van der Waals surface area contributed by atoms with Gasteiger partial charge < -0.3 is 5.11 Å². The maximum absolute atomic E-state index is 15.7. The highest BCUT2D eigenvalue weighted by atomic mass is 35.5. The Balaban J connectivity index is 1.79. The first-order valence-electron chi connectivity index (χ1n) is 9.20. The normalized spacial score (nSPS) is 13.7. The molecule has 4 rings (SSSR count). The van der Waals surface area contributed by atoms with Crippen LogP contribution in [0.15, 0.2) is 67.1 Å². The third kappa shape index (κ3) is 3.94. The average Bonchev–Trinajstić information content (AvgIpc) is 3.26. The second kappa shape index (κ2) is 8.29. The highest BCUT2D eigenvalue weighted by molar-refractivity contribution is 6.30. The minimum absolute atomic E-state index is 0.408. The third-order valence-electron chi connectivity index (χ3n) is 4.92. The van der Waals surface area contributed by atoms with Gasteiger partial charge in [-0.15, -0.1) is 5.10 Å². The van der Waals surface area contributed by atoms with E-state index in [1.54, 1.807) is 24.3 Å². The summed E-state index contributed by atoms with van der Waals surface area (Å²) in [5.74, 6) is -6.45. The molecule has 0 saturated carbocycles. The standard InChI is InChI=1S/C21H14ClF4N5O/c22-15-3-1-2-13(8-15)14-4-7-19(27-10-14)21(25,26)20(32,11-31-12-28-29-30-31)17-6-5-16(23)9-18(17)24/h1-10,12,32H,11H2. The molecule has 0 aliphatic rings. The van der Waals surface area contributed by atoms with E-state index < -0.39 is 41.0 Å². The SMILES string of the molecule is OC(Cn1cnnn1)(c1ccc(F)cc1F)C(F)(F)c1ccc(-c2cccc(Cl)c2)cn1. The van der Waals surface area contributed by atoms with E-state index in [-0.39, 0.29) is 0 Å². The Bertz CT molecular complexity index is 1240. The van der Waals surface area contributed by atoms with Gasteiger partial charge >= 0.3 is 5.92 Å². The molecule has 0 aliphatic heterocycles. The van der Waals surface area contributed by atoms with Gasteiger partial charge in [-0.1, -0.05) is 29.8 Å². The first-order valence-corrected chi connectivity index (χ1v) is 9.57. The Hall–Kier alpha value is -3.37. The van der Waals surface area contributed by atoms with Gasteiger partial charge in [-0.3, -0.25) is 4.98 Å². The fraction of sp³-hybridized carbons (Fsp3) is 0.143. The molecule has 2 aromatic carbocycles. The van der Waals surface area contributed by atoms with Gasteiger partial charge in [-0.05, 0) is 46.3 Å². The summed E-state index contributed by atoms with van der Waals surface area (Å²) in [5, 5.41) is 21.8. The summed E-state index contributed by atoms with van der Waals surface area (Å²) in [4.78, 5) is 3.81. The van der Waals surface area contributed by atoms with Crippen molar-refractivity contribution in [3.05, 3.63) is 95.0 Å². The quantitative estimate of drug-likeness (QED) is 0.430. The lowest BCUT2D eigenvalue weighted by molar-refractivity contribution is -0.207. The van der Waals surface area contributed by atoms with E-state index in [9.17, 15) is 13.9 Å². The number of hydrogen-bond donors (Lipinski definition) is 1. The van der Waals surface area contributed by atoms with Crippen LogP contribution in [0.3, 0.4) is 0 Å². The first-order chi connectivity index (χ1) is 15.2. The van der Waals surface area contributed by atoms with E-state index in [1.165, 1.54) is 12.3 Å². The van der Waals surface area contributed by atoms with Gasteiger partial charge in [0.05, 0.1) is 6.54 Å². The molecule has 0 fully saturated rings. The van der Waals surface area contributed by atoms with Crippen LogP contribution in [0.5, 0.6) is 0 Å². The van der Waals surface area contributed by atoms with Crippen molar-refractivity contribution < 1.29 is 22.7 Å². The van der Waals surface area contributed by atoms with Crippen molar-refractivity contribution in [2.75, 3.05) is 0 Å². The molecular formula is C21H14ClF4N5O. The molecule has 6 nitrogen and oxygen atoms in total. The van der Waals surface area contributed by atoms with E-state index in [0.717, 1.165) is 29.2 Å². The second-order valence-electron chi connectivity index (χ2n) is 7.01. The highest BCUT2D eigenvalue weighted by Gasteiger charge is 2.57. The number of hydrogen-bond acceptors (Lipinski definition) is 5. The number of pyridine rings is 1. The minimum Gasteiger partial charge on any atom is -0.377 e. The fourth-order valence-electron chi connectivity index (χ4n) is 3.30. The Morgan fingerprint density at radius 2 is 1.81 bits per heavy atom. The molecule has 1 N–H and O–H groups in total. The fourth-order valence-corrected chi connectivity index (χ4v) is 3.49. The van der Waals surface area contributed by atoms with Crippen LogP contribution in [0.4, 0.5) is 17.6 Å². The van der Waals surface area contributed by atoms with Gasteiger partial charge in [0.15, 0.2) is 5.60 Å². The highest BCUT2D eigenvalue weighted by Crippen LogP contribution is 2.46. The second-order valence-corrected chi connectivity index (χ2v) is 7.45. The molecule has 4 aromatic rings. The smallest absolute Gasteiger partial charge is 0.323 e. The average molecular weight is 464 g/mol. The van der Waals surface area contributed by atoms with Crippen LogP contribution in [0.1, 0.15) is 11.3 Å². The molecule has 0 bridgehead atoms. The van der Waals surface area contributed by atoms with Crippen molar-refractivity contribution in [3.63, 3.8) is 0 Å². The van der Waals surface area contributed by atoms with Crippen LogP contribution < -0.4 is 0 Å². The van der Waals surface area contributed by atoms with Crippen LogP contribution >= 0.6 is 11.6 Å². The summed E-state index contributed by atoms with van der Waals surface area (Å²) < 4.78 is 60.1. The molecule has 1 atom stereocenters. The van der Waals surface area contributed by atoms with Gasteiger partial charge in [-0.25, -0.2) is 13.5 Å². The third-order valence-corrected chi connectivity index (χ3v) is 5.16. The molecule has 0 amide bonds. The van der Waals surface area contributed by atoms with Crippen molar-refractivity contribution in [1.82, 2.24) is 25.2 Å². The molecule has 2 heterocycles. The van der Waals surface area contributed by atoms with Crippen LogP contribution in [-0.4, -0.2) is 30.3 Å². The zero-order valence-corrected chi connectivity index (χ0v) is 16.9. The van der Waals surface area contributed by atoms with Crippen LogP contribution in [0.2, 0.25) is 5.02 Å². The van der Waals surface area contributed by atoms with E-state index in [2.05, 4.69) is 20.5 Å². The number of benzene rings is 2. The summed E-state index contributed by atoms with van der Waals surface area (Å²) in [7, 11) is 0. The molecule has 32 heavy (non-hydrogen) atoms. The van der Waals surface area contributed by atoms with Crippen molar-refractivity contribution in [3.8, 4) is 11.1 Å². The summed E-state index contributed by atoms with van der Waals surface area (Å²) >= 11 is 5.97. The zero-order valence-electron chi connectivity index (χ0n) is 16.1. The topological polar surface area (TPSA) is 76.7 Å². The predicted molar refractivity (Wildman–Crippen MR) is 107 cm³/mol. The van der Waals surface area contributed by atoms with E-state index in [4.69, 9.17) is 11.6 Å². The van der Waals surface area contributed by atoms with E-state index in [0.29, 0.717) is 22.2 Å². The van der Waals surface area contributed by atoms with Crippen molar-refractivity contribution in [2.45, 2.75) is 18.1 Å². The Morgan fingerprint density at radius 1 is 1.00 bits per heavy atom. The largest absolute Gasteiger partial charge is 0.377 e. The Morgan fingerprint density at radius 3 is 2.44 bits per heavy atom. The van der Waals surface area contributed by atoms with E-state index >= 15 is 8.78 Å². The molecule has 0 radical (unpaired) electrons. The summed E-state index contributed by atoms with van der Waals surface area (Å²) in [6.07, 6.45) is 2.17. The van der Waals surface area contributed by atoms with Crippen LogP contribution in [0, 0.1) is 11.6 Å². The van der Waals surface area contributed by atoms with Crippen LogP contribution in [-0.2, 0) is 18.1 Å². The molecule has 11 heteroatoms. The molecule has 164 valence electrons. The Kier molecular flexibility index (Phi) is 5.66. The first kappa shape index (κ1) is 21.8. The number of halogens is 5. The van der Waals surface area contributed by atoms with Crippen molar-refractivity contribution in [2.24, 2.45) is 0 Å². The van der Waals surface area contributed by atoms with Crippen molar-refractivity contribution in [1.29, 1.82) is 0 Å². The number of rotatable bonds is 6. The van der Waals surface area contributed by atoms with Crippen LogP contribution in [0.25, 0.3) is 11.1 Å². The molecule has 1 unspecified atom stereocenters. The van der Waals surface area contributed by atoms with Gasteiger partial charge in [0.2, 0.25) is 0 Å². The van der Waals surface area contributed by atoms with E-state index in [1.807, 2.05) is 0 Å².